The minimum absolute atomic E-state index is 0.0961. The van der Waals surface area contributed by atoms with Crippen LogP contribution in [0.25, 0.3) is 0 Å². The second-order valence-corrected chi connectivity index (χ2v) is 14.2. The monoisotopic (exact) mass is 671 g/mol. The molecule has 0 spiro atoms. The predicted molar refractivity (Wildman–Crippen MR) is 174 cm³/mol. The SMILES string of the molecule is CC(C)COC(=O)N[C@H](C(=O)NC(CC1CC1)C(=O)NC(CC1CC1)C(=O)C(=O)NCC(=O)NC(C(=O)O)c1ccccc1)C(C)(C)C. The second-order valence-electron chi connectivity index (χ2n) is 14.2. The predicted octanol–water partition coefficient (Wildman–Crippen LogP) is 1.98. The number of ether oxygens (including phenoxy) is 1. The van der Waals surface area contributed by atoms with Crippen molar-refractivity contribution in [2.75, 3.05) is 13.2 Å². The Morgan fingerprint density at radius 2 is 1.38 bits per heavy atom. The number of hydrogen-bond donors (Lipinski definition) is 6. The lowest BCUT2D eigenvalue weighted by Crippen LogP contribution is -2.59. The van der Waals surface area contributed by atoms with Crippen LogP contribution in [0.2, 0.25) is 0 Å². The topological polar surface area (TPSA) is 209 Å². The van der Waals surface area contributed by atoms with Gasteiger partial charge in [0.05, 0.1) is 19.2 Å². The molecular formula is C34H49N5O9. The lowest BCUT2D eigenvalue weighted by Gasteiger charge is -2.32. The molecule has 14 heteroatoms. The van der Waals surface area contributed by atoms with E-state index in [1.165, 1.54) is 12.1 Å². The van der Waals surface area contributed by atoms with E-state index in [9.17, 15) is 38.7 Å². The maximum absolute atomic E-state index is 13.6. The van der Waals surface area contributed by atoms with Gasteiger partial charge in [0.2, 0.25) is 23.5 Å². The van der Waals surface area contributed by atoms with E-state index in [0.29, 0.717) is 12.0 Å². The summed E-state index contributed by atoms with van der Waals surface area (Å²) in [6, 6.07) is 3.39. The largest absolute Gasteiger partial charge is 0.479 e. The number of carbonyl (C=O) groups excluding carboxylic acids is 6. The number of amides is 5. The fourth-order valence-corrected chi connectivity index (χ4v) is 4.99. The first kappa shape index (κ1) is 38.0. The van der Waals surface area contributed by atoms with E-state index in [1.54, 1.807) is 39.0 Å². The molecular weight excluding hydrogens is 622 g/mol. The third-order valence-electron chi connectivity index (χ3n) is 8.05. The van der Waals surface area contributed by atoms with Crippen LogP contribution in [0.3, 0.4) is 0 Å². The first-order valence-electron chi connectivity index (χ1n) is 16.5. The Kier molecular flexibility index (Phi) is 13.5. The molecule has 1 aromatic rings. The molecule has 264 valence electrons. The van der Waals surface area contributed by atoms with E-state index >= 15 is 0 Å². The zero-order valence-electron chi connectivity index (χ0n) is 28.3. The van der Waals surface area contributed by atoms with Gasteiger partial charge in [-0.25, -0.2) is 9.59 Å². The third kappa shape index (κ3) is 12.6. The van der Waals surface area contributed by atoms with Crippen LogP contribution in [0.1, 0.15) is 84.7 Å². The quantitative estimate of drug-likeness (QED) is 0.126. The average molecular weight is 672 g/mol. The van der Waals surface area contributed by atoms with Crippen molar-refractivity contribution in [2.24, 2.45) is 23.2 Å². The summed E-state index contributed by atoms with van der Waals surface area (Å²) in [7, 11) is 0. The summed E-state index contributed by atoms with van der Waals surface area (Å²) in [5.74, 6) is -5.00. The number of carboxylic acid groups (broad SMARTS) is 1. The fourth-order valence-electron chi connectivity index (χ4n) is 4.99. The van der Waals surface area contributed by atoms with Crippen molar-refractivity contribution in [2.45, 2.75) is 97.3 Å². The summed E-state index contributed by atoms with van der Waals surface area (Å²) in [5, 5.41) is 22.1. The molecule has 2 fully saturated rings. The zero-order chi connectivity index (χ0) is 35.6. The van der Waals surface area contributed by atoms with Crippen molar-refractivity contribution in [3.05, 3.63) is 35.9 Å². The highest BCUT2D eigenvalue weighted by atomic mass is 16.5. The standard InChI is InChI=1S/C34H49N5O9/c1-19(2)18-48-33(47)39-28(34(3,4)5)31(44)37-24(16-21-13-14-21)29(42)36-23(15-20-11-12-20)27(41)30(43)35-17-25(40)38-26(32(45)46)22-9-7-6-8-10-22/h6-10,19-21,23-24,26,28H,11-18H2,1-5H3,(H,35,43)(H,36,42)(H,37,44)(H,38,40)(H,39,47)(H,45,46)/t23?,24?,26?,28-/m1/s1. The Hall–Kier alpha value is -4.49. The van der Waals surface area contributed by atoms with E-state index in [-0.39, 0.29) is 30.8 Å². The van der Waals surface area contributed by atoms with Crippen LogP contribution in [0.5, 0.6) is 0 Å². The van der Waals surface area contributed by atoms with Gasteiger partial charge in [0.25, 0.3) is 5.91 Å². The molecule has 1 aromatic carbocycles. The van der Waals surface area contributed by atoms with Crippen molar-refractivity contribution in [1.29, 1.82) is 0 Å². The van der Waals surface area contributed by atoms with E-state index in [2.05, 4.69) is 26.6 Å². The molecule has 6 N–H and O–H groups in total. The van der Waals surface area contributed by atoms with Gasteiger partial charge in [0.1, 0.15) is 12.1 Å². The number of carboxylic acids is 1. The van der Waals surface area contributed by atoms with E-state index < -0.39 is 77.6 Å². The number of ketones is 1. The summed E-state index contributed by atoms with van der Waals surface area (Å²) in [6.07, 6.45) is 3.18. The lowest BCUT2D eigenvalue weighted by atomic mass is 9.86. The number of Topliss-reactive ketones (excluding diaryl/α,β-unsaturated/α-hetero) is 1. The maximum atomic E-state index is 13.6. The van der Waals surface area contributed by atoms with Crippen LogP contribution in [0.15, 0.2) is 30.3 Å². The van der Waals surface area contributed by atoms with E-state index in [4.69, 9.17) is 4.74 Å². The summed E-state index contributed by atoms with van der Waals surface area (Å²) >= 11 is 0. The highest BCUT2D eigenvalue weighted by molar-refractivity contribution is 6.38. The van der Waals surface area contributed by atoms with Gasteiger partial charge in [-0.1, -0.05) is 90.6 Å². The van der Waals surface area contributed by atoms with E-state index in [0.717, 1.165) is 25.7 Å². The summed E-state index contributed by atoms with van der Waals surface area (Å²) in [6.45, 7) is 8.57. The molecule has 3 rings (SSSR count). The molecule has 0 radical (unpaired) electrons. The normalized spacial score (nSPS) is 16.8. The van der Waals surface area contributed by atoms with Crippen molar-refractivity contribution < 1.29 is 43.4 Å². The highest BCUT2D eigenvalue weighted by Gasteiger charge is 2.39. The number of aliphatic carboxylic acids is 1. The van der Waals surface area contributed by atoms with Gasteiger partial charge in [0, 0.05) is 0 Å². The van der Waals surface area contributed by atoms with Gasteiger partial charge >= 0.3 is 12.1 Å². The molecule has 2 aliphatic carbocycles. The average Bonchev–Trinajstić information content (AvgIpc) is 3.96. The van der Waals surface area contributed by atoms with Gasteiger partial charge in [-0.05, 0) is 41.6 Å². The summed E-state index contributed by atoms with van der Waals surface area (Å²) < 4.78 is 5.20. The summed E-state index contributed by atoms with van der Waals surface area (Å²) in [4.78, 5) is 89.9. The smallest absolute Gasteiger partial charge is 0.407 e. The molecule has 5 amide bonds. The van der Waals surface area contributed by atoms with Crippen LogP contribution in [-0.4, -0.2) is 77.9 Å². The Bertz CT molecular complexity index is 1340. The number of benzene rings is 1. The first-order valence-corrected chi connectivity index (χ1v) is 16.5. The van der Waals surface area contributed by atoms with Gasteiger partial charge in [0.15, 0.2) is 6.04 Å². The minimum atomic E-state index is -1.36. The summed E-state index contributed by atoms with van der Waals surface area (Å²) in [5.41, 5.74) is -0.404. The molecule has 0 heterocycles. The number of nitrogens with one attached hydrogen (secondary N) is 5. The van der Waals surface area contributed by atoms with Crippen molar-refractivity contribution in [1.82, 2.24) is 26.6 Å². The van der Waals surface area contributed by atoms with Crippen molar-refractivity contribution >= 4 is 41.5 Å². The number of hydrogen-bond acceptors (Lipinski definition) is 8. The van der Waals surface area contributed by atoms with Crippen LogP contribution in [0.4, 0.5) is 4.79 Å². The van der Waals surface area contributed by atoms with Crippen LogP contribution in [0, 0.1) is 23.2 Å². The van der Waals surface area contributed by atoms with Gasteiger partial charge in [-0.3, -0.25) is 24.0 Å². The first-order chi connectivity index (χ1) is 22.5. The Morgan fingerprint density at radius 1 is 0.812 bits per heavy atom. The maximum Gasteiger partial charge on any atom is 0.407 e. The number of carbonyl (C=O) groups is 7. The molecule has 0 aromatic heterocycles. The van der Waals surface area contributed by atoms with Gasteiger partial charge in [-0.2, -0.15) is 0 Å². The highest BCUT2D eigenvalue weighted by Crippen LogP contribution is 2.35. The molecule has 4 atom stereocenters. The van der Waals surface area contributed by atoms with Crippen LogP contribution >= 0.6 is 0 Å². The van der Waals surface area contributed by atoms with Gasteiger partial charge in [-0.15, -0.1) is 0 Å². The molecule has 3 unspecified atom stereocenters. The van der Waals surface area contributed by atoms with E-state index in [1.807, 2.05) is 13.8 Å². The molecule has 48 heavy (non-hydrogen) atoms. The molecule has 0 aliphatic heterocycles. The number of alkyl carbamates (subject to hydrolysis) is 1. The Labute approximate surface area is 280 Å². The molecule has 2 aliphatic rings. The zero-order valence-corrected chi connectivity index (χ0v) is 28.3. The number of rotatable bonds is 18. The molecule has 0 saturated heterocycles. The Balaban J connectivity index is 1.64. The van der Waals surface area contributed by atoms with Crippen molar-refractivity contribution in [3.63, 3.8) is 0 Å². The van der Waals surface area contributed by atoms with Crippen molar-refractivity contribution in [3.8, 4) is 0 Å². The van der Waals surface area contributed by atoms with Gasteiger partial charge < -0.3 is 36.4 Å². The van der Waals surface area contributed by atoms with Crippen LogP contribution in [-0.2, 0) is 33.5 Å². The fraction of sp³-hybridized carbons (Fsp3) is 0.618. The lowest BCUT2D eigenvalue weighted by molar-refractivity contribution is -0.142. The second kappa shape index (κ2) is 17.1. The minimum Gasteiger partial charge on any atom is -0.479 e. The molecule has 2 saturated carbocycles. The molecule has 0 bridgehead atoms. The molecule has 14 nitrogen and oxygen atoms in total. The van der Waals surface area contributed by atoms with Crippen LogP contribution < -0.4 is 26.6 Å². The Morgan fingerprint density at radius 3 is 1.90 bits per heavy atom. The third-order valence-corrected chi connectivity index (χ3v) is 8.05.